The van der Waals surface area contributed by atoms with Crippen molar-refractivity contribution >= 4 is 10.9 Å². The molecule has 0 bridgehead atoms. The van der Waals surface area contributed by atoms with Crippen molar-refractivity contribution in [3.05, 3.63) is 35.5 Å². The van der Waals surface area contributed by atoms with Crippen LogP contribution in [0.2, 0.25) is 0 Å². The molecule has 1 aromatic heterocycles. The van der Waals surface area contributed by atoms with Crippen LogP contribution in [0.3, 0.4) is 0 Å². The zero-order chi connectivity index (χ0) is 10.4. The number of hydrogen-bond donors (Lipinski definition) is 1. The minimum Gasteiger partial charge on any atom is -0.342 e. The molecule has 1 aliphatic rings. The first-order valence-electron chi connectivity index (χ1n) is 5.60. The molecule has 0 radical (unpaired) electrons. The Morgan fingerprint density at radius 3 is 2.80 bits per heavy atom. The minimum absolute atomic E-state index is 0.630. The van der Waals surface area contributed by atoms with Crippen molar-refractivity contribution in [3.8, 4) is 0 Å². The topological polar surface area (TPSA) is 30.9 Å². The van der Waals surface area contributed by atoms with Crippen molar-refractivity contribution in [1.82, 2.24) is 4.57 Å². The second-order valence-electron chi connectivity index (χ2n) is 4.48. The summed E-state index contributed by atoms with van der Waals surface area (Å²) in [6, 6.07) is 9.56. The molecule has 1 fully saturated rings. The summed E-state index contributed by atoms with van der Waals surface area (Å²) in [4.78, 5) is 0. The maximum absolute atomic E-state index is 5.68. The molecule has 2 heteroatoms. The van der Waals surface area contributed by atoms with Crippen molar-refractivity contribution in [2.75, 3.05) is 0 Å². The van der Waals surface area contributed by atoms with Crippen molar-refractivity contribution in [2.24, 2.45) is 5.73 Å². The van der Waals surface area contributed by atoms with E-state index in [1.54, 1.807) is 0 Å². The molecule has 2 nitrogen and oxygen atoms in total. The van der Waals surface area contributed by atoms with Gasteiger partial charge < -0.3 is 10.3 Å². The summed E-state index contributed by atoms with van der Waals surface area (Å²) in [6.07, 6.45) is 2.66. The van der Waals surface area contributed by atoms with Gasteiger partial charge in [-0.2, -0.15) is 0 Å². The van der Waals surface area contributed by atoms with Crippen LogP contribution in [0, 0.1) is 6.92 Å². The molecule has 0 saturated heterocycles. The molecule has 1 saturated carbocycles. The van der Waals surface area contributed by atoms with Crippen molar-refractivity contribution in [1.29, 1.82) is 0 Å². The molecule has 1 aromatic carbocycles. The molecule has 15 heavy (non-hydrogen) atoms. The molecule has 2 N–H and O–H groups in total. The molecule has 3 rings (SSSR count). The average molecular weight is 200 g/mol. The van der Waals surface area contributed by atoms with Crippen LogP contribution in [0.15, 0.2) is 24.3 Å². The van der Waals surface area contributed by atoms with E-state index in [-0.39, 0.29) is 0 Å². The highest BCUT2D eigenvalue weighted by molar-refractivity contribution is 5.82. The third-order valence-corrected chi connectivity index (χ3v) is 3.25. The Bertz CT molecular complexity index is 506. The van der Waals surface area contributed by atoms with Crippen molar-refractivity contribution < 1.29 is 0 Å². The van der Waals surface area contributed by atoms with Crippen molar-refractivity contribution in [2.45, 2.75) is 32.4 Å². The van der Waals surface area contributed by atoms with E-state index >= 15 is 0 Å². The fraction of sp³-hybridized carbons (Fsp3) is 0.385. The van der Waals surface area contributed by atoms with Gasteiger partial charge in [-0.05, 0) is 42.8 Å². The number of rotatable bonds is 2. The van der Waals surface area contributed by atoms with E-state index in [2.05, 4.69) is 35.8 Å². The standard InChI is InChI=1S/C13H16N2/c1-9-6-11-3-2-10(8-14)7-13(11)15(9)12-4-5-12/h2-3,6-7,12H,4-5,8,14H2,1H3. The number of fused-ring (bicyclic) bond motifs is 1. The van der Waals surface area contributed by atoms with E-state index in [1.807, 2.05) is 0 Å². The van der Waals surface area contributed by atoms with Crippen molar-refractivity contribution in [3.63, 3.8) is 0 Å². The first kappa shape index (κ1) is 8.98. The summed E-state index contributed by atoms with van der Waals surface area (Å²) in [7, 11) is 0. The third kappa shape index (κ3) is 1.37. The Morgan fingerprint density at radius 1 is 1.33 bits per heavy atom. The van der Waals surface area contributed by atoms with Gasteiger partial charge in [-0.3, -0.25) is 0 Å². The lowest BCUT2D eigenvalue weighted by Crippen LogP contribution is -1.98. The molecule has 0 atom stereocenters. The highest BCUT2D eigenvalue weighted by atomic mass is 15.0. The van der Waals surface area contributed by atoms with Crippen LogP contribution >= 0.6 is 0 Å². The molecule has 78 valence electrons. The Labute approximate surface area is 89.7 Å². The minimum atomic E-state index is 0.630. The summed E-state index contributed by atoms with van der Waals surface area (Å²) < 4.78 is 2.47. The molecule has 2 aromatic rings. The van der Waals surface area contributed by atoms with Crippen LogP contribution < -0.4 is 5.73 Å². The lowest BCUT2D eigenvalue weighted by molar-refractivity contribution is 0.748. The normalized spacial score (nSPS) is 16.1. The molecule has 0 spiro atoms. The van der Waals surface area contributed by atoms with Gasteiger partial charge in [0.05, 0.1) is 0 Å². The average Bonchev–Trinajstić information content (AvgIpc) is 3.00. The van der Waals surface area contributed by atoms with Gasteiger partial charge in [0.25, 0.3) is 0 Å². The van der Waals surface area contributed by atoms with E-state index < -0.39 is 0 Å². The fourth-order valence-corrected chi connectivity index (χ4v) is 2.35. The zero-order valence-corrected chi connectivity index (χ0v) is 9.03. The monoisotopic (exact) mass is 200 g/mol. The molecular formula is C13H16N2. The maximum atomic E-state index is 5.68. The number of hydrogen-bond acceptors (Lipinski definition) is 1. The number of nitrogens with two attached hydrogens (primary N) is 1. The van der Waals surface area contributed by atoms with Gasteiger partial charge in [0.15, 0.2) is 0 Å². The summed E-state index contributed by atoms with van der Waals surface area (Å²) >= 11 is 0. The maximum Gasteiger partial charge on any atom is 0.0488 e. The first-order chi connectivity index (χ1) is 7.29. The Morgan fingerprint density at radius 2 is 2.13 bits per heavy atom. The van der Waals surface area contributed by atoms with E-state index in [4.69, 9.17) is 5.73 Å². The lowest BCUT2D eigenvalue weighted by atomic mass is 10.1. The molecule has 0 amide bonds. The van der Waals surface area contributed by atoms with Gasteiger partial charge in [0.2, 0.25) is 0 Å². The number of aryl methyl sites for hydroxylation is 1. The quantitative estimate of drug-likeness (QED) is 0.794. The number of benzene rings is 1. The van der Waals surface area contributed by atoms with Crippen LogP contribution in [0.5, 0.6) is 0 Å². The van der Waals surface area contributed by atoms with Gasteiger partial charge >= 0.3 is 0 Å². The van der Waals surface area contributed by atoms with Crippen LogP contribution in [-0.4, -0.2) is 4.57 Å². The largest absolute Gasteiger partial charge is 0.342 e. The van der Waals surface area contributed by atoms with E-state index in [9.17, 15) is 0 Å². The smallest absolute Gasteiger partial charge is 0.0488 e. The van der Waals surface area contributed by atoms with Gasteiger partial charge in [-0.1, -0.05) is 12.1 Å². The van der Waals surface area contributed by atoms with Gasteiger partial charge in [0, 0.05) is 23.8 Å². The highest BCUT2D eigenvalue weighted by Gasteiger charge is 2.25. The molecule has 1 aliphatic carbocycles. The first-order valence-corrected chi connectivity index (χ1v) is 5.60. The van der Waals surface area contributed by atoms with E-state index in [0.717, 1.165) is 6.04 Å². The zero-order valence-electron chi connectivity index (χ0n) is 9.03. The number of aromatic nitrogens is 1. The summed E-state index contributed by atoms with van der Waals surface area (Å²) in [5, 5.41) is 1.34. The second-order valence-corrected chi connectivity index (χ2v) is 4.48. The van der Waals surface area contributed by atoms with Gasteiger partial charge in [-0.25, -0.2) is 0 Å². The van der Waals surface area contributed by atoms with E-state index in [1.165, 1.54) is 35.0 Å². The van der Waals surface area contributed by atoms with Crippen LogP contribution in [-0.2, 0) is 6.54 Å². The summed E-state index contributed by atoms with van der Waals surface area (Å²) in [6.45, 7) is 2.82. The lowest BCUT2D eigenvalue weighted by Gasteiger charge is -2.06. The van der Waals surface area contributed by atoms with Gasteiger partial charge in [0.1, 0.15) is 0 Å². The third-order valence-electron chi connectivity index (χ3n) is 3.25. The number of nitrogens with zero attached hydrogens (tertiary/aromatic N) is 1. The molecule has 0 unspecified atom stereocenters. The SMILES string of the molecule is Cc1cc2ccc(CN)cc2n1C1CC1. The Hall–Kier alpha value is -1.28. The molecule has 1 heterocycles. The fourth-order valence-electron chi connectivity index (χ4n) is 2.35. The predicted molar refractivity (Wildman–Crippen MR) is 62.8 cm³/mol. The van der Waals surface area contributed by atoms with Crippen LogP contribution in [0.25, 0.3) is 10.9 Å². The molecule has 0 aliphatic heterocycles. The Balaban J connectivity index is 2.26. The van der Waals surface area contributed by atoms with Crippen LogP contribution in [0.4, 0.5) is 0 Å². The van der Waals surface area contributed by atoms with Gasteiger partial charge in [-0.15, -0.1) is 0 Å². The highest BCUT2D eigenvalue weighted by Crippen LogP contribution is 2.39. The summed E-state index contributed by atoms with van der Waals surface area (Å²) in [5.74, 6) is 0. The predicted octanol–water partition coefficient (Wildman–Crippen LogP) is 2.74. The van der Waals surface area contributed by atoms with E-state index in [0.29, 0.717) is 6.54 Å². The second kappa shape index (κ2) is 3.11. The Kier molecular flexibility index (Phi) is 1.86. The van der Waals surface area contributed by atoms with Crippen LogP contribution in [0.1, 0.15) is 30.1 Å². The summed E-state index contributed by atoms with van der Waals surface area (Å²) in [5.41, 5.74) is 9.64. The molecular weight excluding hydrogens is 184 g/mol.